The maximum absolute atomic E-state index is 11.9. The van der Waals surface area contributed by atoms with E-state index in [2.05, 4.69) is 10.1 Å². The lowest BCUT2D eigenvalue weighted by molar-refractivity contribution is -0.129. The maximum atomic E-state index is 11.9. The average molecular weight is 415 g/mol. The molecule has 2 fully saturated rings. The van der Waals surface area contributed by atoms with E-state index < -0.39 is 15.9 Å². The summed E-state index contributed by atoms with van der Waals surface area (Å²) in [6.07, 6.45) is 9.92. The smallest absolute Gasteiger partial charge is 0.244 e. The van der Waals surface area contributed by atoms with Gasteiger partial charge in [0.1, 0.15) is 0 Å². The molecule has 10 heteroatoms. The van der Waals surface area contributed by atoms with E-state index in [0.29, 0.717) is 31.1 Å². The van der Waals surface area contributed by atoms with Gasteiger partial charge >= 0.3 is 0 Å². The van der Waals surface area contributed by atoms with Crippen molar-refractivity contribution < 1.29 is 22.9 Å². The number of nitrogens with one attached hydrogen (secondary N) is 1. The minimum Gasteiger partial charge on any atom is -0.339 e. The third-order valence-corrected chi connectivity index (χ3v) is 7.70. The Kier molecular flexibility index (Phi) is 7.42. The molecule has 1 aromatic rings. The molecule has 2 N–H and O–H groups in total. The zero-order valence-electron chi connectivity index (χ0n) is 16.2. The van der Waals surface area contributed by atoms with Crippen LogP contribution in [-0.2, 0) is 21.4 Å². The highest BCUT2D eigenvalue weighted by Gasteiger charge is 2.30. The highest BCUT2D eigenvalue weighted by atomic mass is 32.2. The Labute approximate surface area is 165 Å². The van der Waals surface area contributed by atoms with Crippen LogP contribution in [0.4, 0.5) is 0 Å². The molecule has 0 aromatic carbocycles. The summed E-state index contributed by atoms with van der Waals surface area (Å²) >= 11 is 0. The highest BCUT2D eigenvalue weighted by molar-refractivity contribution is 7.89. The van der Waals surface area contributed by atoms with Gasteiger partial charge in [0.2, 0.25) is 21.8 Å². The molecule has 1 saturated carbocycles. The Balaban J connectivity index is 1.59. The number of carbonyl (C=O) groups excluding carboxylic acids is 1. The first-order chi connectivity index (χ1) is 13.5. The number of sulfonamides is 1. The molecule has 1 aliphatic carbocycles. The van der Waals surface area contributed by atoms with Crippen molar-refractivity contribution >= 4 is 15.9 Å². The van der Waals surface area contributed by atoms with Crippen molar-refractivity contribution in [2.75, 3.05) is 12.3 Å². The molecule has 2 aliphatic rings. The van der Waals surface area contributed by atoms with Crippen LogP contribution in [0.2, 0.25) is 0 Å². The predicted octanol–water partition coefficient (Wildman–Crippen LogP) is 2.33. The Bertz CT molecular complexity index is 745. The molecule has 0 unspecified atom stereocenters. The summed E-state index contributed by atoms with van der Waals surface area (Å²) in [6, 6.07) is 0. The number of rotatable bonds is 9. The summed E-state index contributed by atoms with van der Waals surface area (Å²) in [6.45, 7) is 0.552. The van der Waals surface area contributed by atoms with Crippen molar-refractivity contribution in [3.8, 4) is 0 Å². The first-order valence-corrected chi connectivity index (χ1v) is 11.8. The molecule has 28 heavy (non-hydrogen) atoms. The third-order valence-electron chi connectivity index (χ3n) is 5.80. The van der Waals surface area contributed by atoms with Crippen molar-refractivity contribution in [3.05, 3.63) is 11.7 Å². The Hall–Kier alpha value is -1.52. The SMILES string of the molecule is O=C(C[C@@H](CCCC1CCCCC1)c1nc(CN2CCCS2(=O)=O)no1)NO. The standard InChI is InChI=1S/C18H30N4O5S/c23-17(20-24)12-15(9-4-8-14-6-2-1-3-7-14)18-19-16(21-27-18)13-22-10-5-11-28(22,25)26/h14-15,24H,1-13H2,(H,20,23)/t15-/m1/s1. The minimum absolute atomic E-state index is 0.0603. The van der Waals surface area contributed by atoms with Crippen LogP contribution in [0.1, 0.15) is 81.8 Å². The first kappa shape index (κ1) is 21.2. The fourth-order valence-corrected chi connectivity index (χ4v) is 5.71. The van der Waals surface area contributed by atoms with Gasteiger partial charge in [-0.25, -0.2) is 13.9 Å². The average Bonchev–Trinajstić information content (AvgIpc) is 3.28. The van der Waals surface area contributed by atoms with Gasteiger partial charge in [0.15, 0.2) is 5.82 Å². The quantitative estimate of drug-likeness (QED) is 0.469. The molecule has 1 atom stereocenters. The van der Waals surface area contributed by atoms with Gasteiger partial charge in [-0.3, -0.25) is 10.0 Å². The second kappa shape index (κ2) is 9.80. The lowest BCUT2D eigenvalue weighted by atomic mass is 9.84. The van der Waals surface area contributed by atoms with Gasteiger partial charge in [-0.15, -0.1) is 0 Å². The molecule has 0 spiro atoms. The lowest BCUT2D eigenvalue weighted by Crippen LogP contribution is -2.25. The predicted molar refractivity (Wildman–Crippen MR) is 101 cm³/mol. The van der Waals surface area contributed by atoms with Crippen LogP contribution in [0.25, 0.3) is 0 Å². The van der Waals surface area contributed by atoms with Crippen molar-refractivity contribution in [1.82, 2.24) is 19.9 Å². The highest BCUT2D eigenvalue weighted by Crippen LogP contribution is 2.31. The maximum Gasteiger partial charge on any atom is 0.244 e. The van der Waals surface area contributed by atoms with Crippen LogP contribution in [-0.4, -0.2) is 46.3 Å². The summed E-state index contributed by atoms with van der Waals surface area (Å²) in [5, 5.41) is 12.8. The van der Waals surface area contributed by atoms with E-state index in [1.165, 1.54) is 36.4 Å². The third kappa shape index (κ3) is 5.74. The number of hydroxylamine groups is 1. The van der Waals surface area contributed by atoms with Gasteiger partial charge in [0.25, 0.3) is 0 Å². The van der Waals surface area contributed by atoms with E-state index in [-0.39, 0.29) is 24.6 Å². The zero-order valence-corrected chi connectivity index (χ0v) is 17.0. The number of amides is 1. The van der Waals surface area contributed by atoms with Gasteiger partial charge in [0.05, 0.1) is 12.3 Å². The van der Waals surface area contributed by atoms with Crippen LogP contribution in [0.3, 0.4) is 0 Å². The molecule has 1 saturated heterocycles. The van der Waals surface area contributed by atoms with Gasteiger partial charge in [0, 0.05) is 18.9 Å². The fraction of sp³-hybridized carbons (Fsp3) is 0.833. The number of hydrogen-bond donors (Lipinski definition) is 2. The van der Waals surface area contributed by atoms with E-state index in [1.807, 2.05) is 0 Å². The van der Waals surface area contributed by atoms with E-state index in [1.54, 1.807) is 5.48 Å². The molecule has 1 amide bonds. The fourth-order valence-electron chi connectivity index (χ4n) is 4.24. The van der Waals surface area contributed by atoms with Crippen molar-refractivity contribution in [2.24, 2.45) is 5.92 Å². The molecule has 0 bridgehead atoms. The summed E-state index contributed by atoms with van der Waals surface area (Å²) in [4.78, 5) is 16.0. The Morgan fingerprint density at radius 1 is 1.29 bits per heavy atom. The summed E-state index contributed by atoms with van der Waals surface area (Å²) in [5.41, 5.74) is 1.66. The van der Waals surface area contributed by atoms with Crippen LogP contribution in [0.5, 0.6) is 0 Å². The molecular weight excluding hydrogens is 384 g/mol. The van der Waals surface area contributed by atoms with Gasteiger partial charge in [-0.1, -0.05) is 50.1 Å². The van der Waals surface area contributed by atoms with Gasteiger partial charge in [-0.05, 0) is 18.8 Å². The van der Waals surface area contributed by atoms with Crippen LogP contribution in [0.15, 0.2) is 4.52 Å². The summed E-state index contributed by atoms with van der Waals surface area (Å²) in [5.74, 6) is 0.760. The molecule has 0 radical (unpaired) electrons. The monoisotopic (exact) mass is 414 g/mol. The number of carbonyl (C=O) groups is 1. The molecule has 1 aromatic heterocycles. The van der Waals surface area contributed by atoms with E-state index in [4.69, 9.17) is 9.73 Å². The van der Waals surface area contributed by atoms with Crippen LogP contribution < -0.4 is 5.48 Å². The van der Waals surface area contributed by atoms with E-state index >= 15 is 0 Å². The number of hydrogen-bond acceptors (Lipinski definition) is 7. The van der Waals surface area contributed by atoms with E-state index in [9.17, 15) is 13.2 Å². The van der Waals surface area contributed by atoms with Crippen LogP contribution >= 0.6 is 0 Å². The van der Waals surface area contributed by atoms with E-state index in [0.717, 1.165) is 18.8 Å². The number of nitrogens with zero attached hydrogens (tertiary/aromatic N) is 3. The van der Waals surface area contributed by atoms with Gasteiger partial charge < -0.3 is 4.52 Å². The normalized spacial score (nSPS) is 21.6. The zero-order chi connectivity index (χ0) is 20.0. The molecule has 9 nitrogen and oxygen atoms in total. The molecule has 158 valence electrons. The second-order valence-corrected chi connectivity index (χ2v) is 10.0. The van der Waals surface area contributed by atoms with Crippen molar-refractivity contribution in [2.45, 2.75) is 76.7 Å². The lowest BCUT2D eigenvalue weighted by Gasteiger charge is -2.22. The largest absolute Gasteiger partial charge is 0.339 e. The molecule has 1 aliphatic heterocycles. The Morgan fingerprint density at radius 3 is 2.75 bits per heavy atom. The van der Waals surface area contributed by atoms with Crippen molar-refractivity contribution in [1.29, 1.82) is 0 Å². The van der Waals surface area contributed by atoms with Gasteiger partial charge in [-0.2, -0.15) is 9.29 Å². The summed E-state index contributed by atoms with van der Waals surface area (Å²) < 4.78 is 30.6. The second-order valence-electron chi connectivity index (χ2n) is 7.92. The van der Waals surface area contributed by atoms with Crippen molar-refractivity contribution in [3.63, 3.8) is 0 Å². The van der Waals surface area contributed by atoms with Crippen LogP contribution in [0, 0.1) is 5.92 Å². The Morgan fingerprint density at radius 2 is 2.07 bits per heavy atom. The minimum atomic E-state index is -3.23. The topological polar surface area (TPSA) is 126 Å². The number of aromatic nitrogens is 2. The molecule has 3 rings (SSSR count). The molecular formula is C18H30N4O5S. The first-order valence-electron chi connectivity index (χ1n) is 10.2. The molecule has 2 heterocycles. The summed E-state index contributed by atoms with van der Waals surface area (Å²) in [7, 11) is -3.23.